The minimum absolute atomic E-state index is 0.0323. The van der Waals surface area contributed by atoms with E-state index in [1.165, 1.54) is 12.3 Å². The van der Waals surface area contributed by atoms with Gasteiger partial charge < -0.3 is 14.2 Å². The molecule has 0 bridgehead atoms. The fraction of sp³-hybridized carbons (Fsp3) is 0.133. The molecule has 39 heavy (non-hydrogen) atoms. The van der Waals surface area contributed by atoms with Gasteiger partial charge in [0, 0.05) is 11.1 Å². The zero-order valence-electron chi connectivity index (χ0n) is 21.0. The molecule has 200 valence electrons. The second-order valence-electron chi connectivity index (χ2n) is 8.26. The minimum Gasteiger partial charge on any atom is -0.490 e. The Kier molecular flexibility index (Phi) is 9.78. The Bertz CT molecular complexity index is 1440. The summed E-state index contributed by atoms with van der Waals surface area (Å²) in [5.74, 6) is 0.383. The first-order chi connectivity index (χ1) is 18.9. The van der Waals surface area contributed by atoms with Gasteiger partial charge in [-0.2, -0.15) is 5.10 Å². The molecule has 0 heterocycles. The number of carbonyl (C=O) groups excluding carboxylic acids is 1. The Balaban J connectivity index is 1.38. The largest absolute Gasteiger partial charge is 0.490 e. The number of hydrogen-bond donors (Lipinski definition) is 1. The highest BCUT2D eigenvalue weighted by Crippen LogP contribution is 2.34. The van der Waals surface area contributed by atoms with Gasteiger partial charge in [0.15, 0.2) is 17.2 Å². The normalized spacial score (nSPS) is 10.9. The van der Waals surface area contributed by atoms with E-state index in [-0.39, 0.29) is 28.2 Å². The van der Waals surface area contributed by atoms with E-state index in [0.29, 0.717) is 41.4 Å². The first-order valence-corrected chi connectivity index (χ1v) is 12.8. The molecule has 4 aromatic rings. The van der Waals surface area contributed by atoms with Gasteiger partial charge in [0.2, 0.25) is 0 Å². The van der Waals surface area contributed by atoms with Crippen molar-refractivity contribution in [3.05, 3.63) is 123 Å². The Hall–Kier alpha value is -4.07. The number of rotatable bonds is 11. The lowest BCUT2D eigenvalue weighted by Crippen LogP contribution is -2.17. The molecule has 9 heteroatoms. The van der Waals surface area contributed by atoms with Crippen LogP contribution in [0.3, 0.4) is 0 Å². The van der Waals surface area contributed by atoms with Gasteiger partial charge in [-0.3, -0.25) is 4.79 Å². The third-order valence-corrected chi connectivity index (χ3v) is 6.03. The molecule has 4 rings (SSSR count). The highest BCUT2D eigenvalue weighted by Gasteiger charge is 2.13. The molecule has 0 atom stereocenters. The maximum Gasteiger partial charge on any atom is 0.271 e. The highest BCUT2D eigenvalue weighted by molar-refractivity contribution is 6.37. The summed E-state index contributed by atoms with van der Waals surface area (Å²) in [5, 5.41) is 4.45. The third-order valence-electron chi connectivity index (χ3n) is 5.47. The van der Waals surface area contributed by atoms with Gasteiger partial charge in [-0.15, -0.1) is 0 Å². The summed E-state index contributed by atoms with van der Waals surface area (Å²) in [6, 6.07) is 24.1. The van der Waals surface area contributed by atoms with Crippen molar-refractivity contribution in [2.75, 3.05) is 6.61 Å². The molecule has 0 aliphatic carbocycles. The molecule has 0 saturated carbocycles. The fourth-order valence-electron chi connectivity index (χ4n) is 3.56. The molecule has 0 fully saturated rings. The predicted octanol–water partition coefficient (Wildman–Crippen LogP) is 7.45. The van der Waals surface area contributed by atoms with Crippen LogP contribution in [-0.2, 0) is 13.2 Å². The van der Waals surface area contributed by atoms with Crippen molar-refractivity contribution in [3.63, 3.8) is 0 Å². The lowest BCUT2D eigenvalue weighted by atomic mass is 10.2. The van der Waals surface area contributed by atoms with Gasteiger partial charge in [-0.25, -0.2) is 9.82 Å². The average molecular weight is 567 g/mol. The molecule has 0 aliphatic rings. The van der Waals surface area contributed by atoms with Crippen LogP contribution in [0.25, 0.3) is 0 Å². The van der Waals surface area contributed by atoms with Crippen LogP contribution in [0.1, 0.15) is 34.0 Å². The lowest BCUT2D eigenvalue weighted by molar-refractivity contribution is 0.0954. The van der Waals surface area contributed by atoms with E-state index in [0.717, 1.165) is 5.56 Å². The third kappa shape index (κ3) is 7.72. The van der Waals surface area contributed by atoms with Crippen molar-refractivity contribution >= 4 is 35.3 Å². The van der Waals surface area contributed by atoms with Gasteiger partial charge in [-0.05, 0) is 54.4 Å². The van der Waals surface area contributed by atoms with Crippen LogP contribution in [0.2, 0.25) is 10.0 Å². The highest BCUT2D eigenvalue weighted by atomic mass is 35.5. The van der Waals surface area contributed by atoms with Crippen LogP contribution in [0.15, 0.2) is 90.0 Å². The molecule has 4 aromatic carbocycles. The number of ether oxygens (including phenoxy) is 3. The van der Waals surface area contributed by atoms with Crippen molar-refractivity contribution in [2.24, 2.45) is 5.10 Å². The van der Waals surface area contributed by atoms with E-state index in [4.69, 9.17) is 37.4 Å². The lowest BCUT2D eigenvalue weighted by Gasteiger charge is -2.13. The van der Waals surface area contributed by atoms with E-state index in [1.54, 1.807) is 48.5 Å². The van der Waals surface area contributed by atoms with Crippen molar-refractivity contribution in [1.82, 2.24) is 5.43 Å². The molecule has 0 saturated heterocycles. The van der Waals surface area contributed by atoms with E-state index in [1.807, 2.05) is 37.3 Å². The molecule has 0 aromatic heterocycles. The van der Waals surface area contributed by atoms with E-state index in [2.05, 4.69) is 10.5 Å². The van der Waals surface area contributed by atoms with E-state index in [9.17, 15) is 9.18 Å². The van der Waals surface area contributed by atoms with Gasteiger partial charge in [0.05, 0.1) is 22.9 Å². The van der Waals surface area contributed by atoms with Crippen LogP contribution < -0.4 is 19.6 Å². The van der Waals surface area contributed by atoms with Crippen molar-refractivity contribution in [3.8, 4) is 17.2 Å². The zero-order chi connectivity index (χ0) is 27.6. The van der Waals surface area contributed by atoms with Crippen LogP contribution in [0, 0.1) is 5.82 Å². The van der Waals surface area contributed by atoms with Crippen molar-refractivity contribution in [1.29, 1.82) is 0 Å². The van der Waals surface area contributed by atoms with Gasteiger partial charge in [0.25, 0.3) is 5.91 Å². The topological polar surface area (TPSA) is 69.2 Å². The number of hydrazone groups is 1. The van der Waals surface area contributed by atoms with Crippen LogP contribution in [0.4, 0.5) is 4.39 Å². The standard InChI is InChI=1S/C30H25Cl2FN2O4/c1-2-37-28-16-22(12-13-27(28)38-18-20-8-4-3-5-9-20)30(36)35-34-17-21-14-24(31)29(25(32)15-21)39-19-23-10-6-7-11-26(23)33/h3-17H,2,18-19H2,1H3,(H,35,36)/b34-17+. The summed E-state index contributed by atoms with van der Waals surface area (Å²) < 4.78 is 31.1. The molecule has 6 nitrogen and oxygen atoms in total. The molecular weight excluding hydrogens is 542 g/mol. The summed E-state index contributed by atoms with van der Waals surface area (Å²) in [5.41, 5.74) is 4.74. The molecule has 0 radical (unpaired) electrons. The molecule has 0 aliphatic heterocycles. The monoisotopic (exact) mass is 566 g/mol. The van der Waals surface area contributed by atoms with E-state index >= 15 is 0 Å². The van der Waals surface area contributed by atoms with Gasteiger partial charge in [0.1, 0.15) is 19.0 Å². The number of hydrogen-bond acceptors (Lipinski definition) is 5. The van der Waals surface area contributed by atoms with Crippen LogP contribution in [0.5, 0.6) is 17.2 Å². The second kappa shape index (κ2) is 13.6. The second-order valence-corrected chi connectivity index (χ2v) is 9.08. The number of nitrogens with one attached hydrogen (secondary N) is 1. The summed E-state index contributed by atoms with van der Waals surface area (Å²) in [6.07, 6.45) is 1.40. The van der Waals surface area contributed by atoms with Crippen LogP contribution >= 0.6 is 23.2 Å². The van der Waals surface area contributed by atoms with Crippen LogP contribution in [-0.4, -0.2) is 18.7 Å². The van der Waals surface area contributed by atoms with Gasteiger partial charge in [-0.1, -0.05) is 71.7 Å². The number of carbonyl (C=O) groups is 1. The SMILES string of the molecule is CCOc1cc(C(=O)N/N=C/c2cc(Cl)c(OCc3ccccc3F)c(Cl)c2)ccc1OCc1ccccc1. The van der Waals surface area contributed by atoms with Crippen molar-refractivity contribution < 1.29 is 23.4 Å². The van der Waals surface area contributed by atoms with Gasteiger partial charge >= 0.3 is 0 Å². The molecule has 1 amide bonds. The summed E-state index contributed by atoms with van der Waals surface area (Å²) in [7, 11) is 0. The molecule has 0 spiro atoms. The fourth-order valence-corrected chi connectivity index (χ4v) is 4.17. The minimum atomic E-state index is -0.441. The predicted molar refractivity (Wildman–Crippen MR) is 151 cm³/mol. The Morgan fingerprint density at radius 1 is 0.872 bits per heavy atom. The maximum absolute atomic E-state index is 13.9. The first-order valence-electron chi connectivity index (χ1n) is 12.1. The maximum atomic E-state index is 13.9. The number of benzene rings is 4. The van der Waals surface area contributed by atoms with Crippen molar-refractivity contribution in [2.45, 2.75) is 20.1 Å². The summed E-state index contributed by atoms with van der Waals surface area (Å²) in [4.78, 5) is 12.7. The quantitative estimate of drug-likeness (QED) is 0.151. The first kappa shape index (κ1) is 28.0. The molecule has 0 unspecified atom stereocenters. The van der Waals surface area contributed by atoms with E-state index < -0.39 is 5.91 Å². The average Bonchev–Trinajstić information content (AvgIpc) is 2.93. The number of halogens is 3. The molecule has 1 N–H and O–H groups in total. The zero-order valence-corrected chi connectivity index (χ0v) is 22.5. The Morgan fingerprint density at radius 2 is 1.59 bits per heavy atom. The number of nitrogens with zero attached hydrogens (tertiary/aromatic N) is 1. The smallest absolute Gasteiger partial charge is 0.271 e. The Labute approximate surface area is 235 Å². The number of amides is 1. The summed E-state index contributed by atoms with van der Waals surface area (Å²) >= 11 is 12.7. The Morgan fingerprint density at radius 3 is 2.31 bits per heavy atom. The molecular formula is C30H25Cl2FN2O4. The summed E-state index contributed by atoms with van der Waals surface area (Å²) in [6.45, 7) is 2.60.